The number of hydrogen-bond donors (Lipinski definition) is 1. The molecule has 176 valence electrons. The van der Waals surface area contributed by atoms with E-state index in [0.29, 0.717) is 18.1 Å². The molecule has 1 heterocycles. The largest absolute Gasteiger partial charge is 0.508 e. The van der Waals surface area contributed by atoms with E-state index in [4.69, 9.17) is 25.8 Å². The van der Waals surface area contributed by atoms with Crippen molar-refractivity contribution in [2.45, 2.75) is 45.1 Å². The van der Waals surface area contributed by atoms with Crippen molar-refractivity contribution < 1.29 is 24.1 Å². The second-order valence-corrected chi connectivity index (χ2v) is 9.48. The minimum atomic E-state index is -0.238. The topological polar surface area (TPSA) is 65.0 Å². The maximum Gasteiger partial charge on any atom is 0.306 e. The molecular weight excluding hydrogens is 452 g/mol. The summed E-state index contributed by atoms with van der Waals surface area (Å²) < 4.78 is 17.1. The SMILES string of the molecule is COC(=O)C[C@@H]1COc2cc(O[C@@H]3CCc4c3ccc(Cl)c4-c3c(C)cc(O)cc3C)ccc21. The fraction of sp³-hybridized carbons (Fsp3) is 0.321. The lowest BCUT2D eigenvalue weighted by molar-refractivity contribution is -0.141. The van der Waals surface area contributed by atoms with Crippen molar-refractivity contribution in [2.75, 3.05) is 13.7 Å². The molecule has 1 N–H and O–H groups in total. The summed E-state index contributed by atoms with van der Waals surface area (Å²) in [6.45, 7) is 4.46. The Bertz CT molecular complexity index is 1260. The van der Waals surface area contributed by atoms with E-state index in [0.717, 1.165) is 57.7 Å². The van der Waals surface area contributed by atoms with Gasteiger partial charge in [-0.15, -0.1) is 0 Å². The highest BCUT2D eigenvalue weighted by Gasteiger charge is 2.31. The molecule has 3 aromatic carbocycles. The quantitative estimate of drug-likeness (QED) is 0.428. The summed E-state index contributed by atoms with van der Waals surface area (Å²) in [5.41, 5.74) is 7.44. The Kier molecular flexibility index (Phi) is 5.90. The standard InChI is InChI=1S/C28H27ClO5/c1-15-10-18(30)11-16(2)27(15)28-22-7-9-24(21(22)6-8-23(28)29)34-19-4-5-20-17(12-26(31)32-3)14-33-25(20)13-19/h4-6,8,10-11,13,17,24,30H,7,9,12,14H2,1-3H3/t17-,24-/m1/s1. The Balaban J connectivity index is 1.43. The van der Waals surface area contributed by atoms with Crippen LogP contribution >= 0.6 is 11.6 Å². The van der Waals surface area contributed by atoms with Crippen LogP contribution in [0.4, 0.5) is 0 Å². The van der Waals surface area contributed by atoms with Crippen molar-refractivity contribution in [3.8, 4) is 28.4 Å². The van der Waals surface area contributed by atoms with Crippen LogP contribution < -0.4 is 9.47 Å². The second kappa shape index (κ2) is 8.88. The predicted octanol–water partition coefficient (Wildman–Crippen LogP) is 6.43. The molecule has 2 atom stereocenters. The molecule has 0 amide bonds. The third kappa shape index (κ3) is 3.98. The van der Waals surface area contributed by atoms with E-state index in [1.165, 1.54) is 12.7 Å². The van der Waals surface area contributed by atoms with Gasteiger partial charge in [0, 0.05) is 28.1 Å². The summed E-state index contributed by atoms with van der Waals surface area (Å²) in [6.07, 6.45) is 1.92. The highest BCUT2D eigenvalue weighted by molar-refractivity contribution is 6.33. The lowest BCUT2D eigenvalue weighted by Gasteiger charge is -2.19. The van der Waals surface area contributed by atoms with Gasteiger partial charge in [-0.05, 0) is 78.8 Å². The highest BCUT2D eigenvalue weighted by atomic mass is 35.5. The monoisotopic (exact) mass is 478 g/mol. The van der Waals surface area contributed by atoms with Crippen LogP contribution in [0.15, 0.2) is 42.5 Å². The van der Waals surface area contributed by atoms with Crippen molar-refractivity contribution in [2.24, 2.45) is 0 Å². The molecule has 2 aliphatic rings. The number of fused-ring (bicyclic) bond motifs is 2. The summed E-state index contributed by atoms with van der Waals surface area (Å²) in [7, 11) is 1.40. The second-order valence-electron chi connectivity index (χ2n) is 9.08. The van der Waals surface area contributed by atoms with Crippen LogP contribution in [0.2, 0.25) is 5.02 Å². The van der Waals surface area contributed by atoms with E-state index in [1.807, 2.05) is 38.1 Å². The van der Waals surface area contributed by atoms with Crippen LogP contribution in [0, 0.1) is 13.8 Å². The van der Waals surface area contributed by atoms with E-state index < -0.39 is 0 Å². The van der Waals surface area contributed by atoms with E-state index in [2.05, 4.69) is 6.07 Å². The van der Waals surface area contributed by atoms with Gasteiger partial charge in [-0.2, -0.15) is 0 Å². The number of aryl methyl sites for hydroxylation is 2. The van der Waals surface area contributed by atoms with Gasteiger partial charge >= 0.3 is 5.97 Å². The number of aromatic hydroxyl groups is 1. The van der Waals surface area contributed by atoms with Gasteiger partial charge in [-0.25, -0.2) is 0 Å². The molecule has 0 saturated carbocycles. The number of phenols is 1. The van der Waals surface area contributed by atoms with Crippen molar-refractivity contribution in [3.63, 3.8) is 0 Å². The lowest BCUT2D eigenvalue weighted by atomic mass is 9.90. The smallest absolute Gasteiger partial charge is 0.306 e. The van der Waals surface area contributed by atoms with Gasteiger partial charge in [-0.3, -0.25) is 4.79 Å². The van der Waals surface area contributed by atoms with Crippen molar-refractivity contribution in [3.05, 3.63) is 75.3 Å². The zero-order valence-electron chi connectivity index (χ0n) is 19.5. The minimum absolute atomic E-state index is 0.00481. The van der Waals surface area contributed by atoms with E-state index in [9.17, 15) is 9.90 Å². The molecule has 5 rings (SSSR count). The zero-order chi connectivity index (χ0) is 24.0. The number of esters is 1. The van der Waals surface area contributed by atoms with Gasteiger partial charge < -0.3 is 19.3 Å². The first-order chi connectivity index (χ1) is 16.4. The first kappa shape index (κ1) is 22.6. The fourth-order valence-electron chi connectivity index (χ4n) is 5.31. The van der Waals surface area contributed by atoms with Gasteiger partial charge in [0.05, 0.1) is 20.1 Å². The zero-order valence-corrected chi connectivity index (χ0v) is 20.2. The average Bonchev–Trinajstić information content (AvgIpc) is 3.38. The third-order valence-corrected chi connectivity index (χ3v) is 7.17. The summed E-state index contributed by atoms with van der Waals surface area (Å²) in [5, 5.41) is 10.7. The fourth-order valence-corrected chi connectivity index (χ4v) is 5.58. The molecule has 0 unspecified atom stereocenters. The Morgan fingerprint density at radius 2 is 1.82 bits per heavy atom. The minimum Gasteiger partial charge on any atom is -0.508 e. The van der Waals surface area contributed by atoms with Crippen molar-refractivity contribution in [1.82, 2.24) is 0 Å². The Labute approximate surface area is 204 Å². The molecule has 3 aromatic rings. The number of benzene rings is 3. The lowest BCUT2D eigenvalue weighted by Crippen LogP contribution is -2.09. The molecule has 0 aromatic heterocycles. The van der Waals surface area contributed by atoms with Gasteiger partial charge in [0.25, 0.3) is 0 Å². The van der Waals surface area contributed by atoms with E-state index >= 15 is 0 Å². The van der Waals surface area contributed by atoms with Crippen molar-refractivity contribution >= 4 is 17.6 Å². The van der Waals surface area contributed by atoms with Gasteiger partial charge in [0.2, 0.25) is 0 Å². The number of rotatable bonds is 5. The molecule has 1 aliphatic heterocycles. The number of halogens is 1. The van der Waals surface area contributed by atoms with E-state index in [-0.39, 0.29) is 23.7 Å². The van der Waals surface area contributed by atoms with Gasteiger partial charge in [0.15, 0.2) is 0 Å². The van der Waals surface area contributed by atoms with Crippen LogP contribution in [0.3, 0.4) is 0 Å². The normalized spacial score (nSPS) is 18.2. The molecular formula is C28H27ClO5. The van der Waals surface area contributed by atoms with Crippen LogP contribution in [-0.4, -0.2) is 24.8 Å². The average molecular weight is 479 g/mol. The molecule has 0 radical (unpaired) electrons. The number of ether oxygens (including phenoxy) is 3. The summed E-state index contributed by atoms with van der Waals surface area (Å²) in [4.78, 5) is 11.7. The number of phenolic OH excluding ortho intramolecular Hbond substituents is 1. The maximum absolute atomic E-state index is 11.7. The highest BCUT2D eigenvalue weighted by Crippen LogP contribution is 2.46. The van der Waals surface area contributed by atoms with Gasteiger partial charge in [-0.1, -0.05) is 23.7 Å². The summed E-state index contributed by atoms with van der Waals surface area (Å²) in [5.74, 6) is 1.53. The molecule has 5 nitrogen and oxygen atoms in total. The van der Waals surface area contributed by atoms with Crippen LogP contribution in [0.1, 0.15) is 52.7 Å². The molecule has 0 spiro atoms. The Hall–Kier alpha value is -3.18. The summed E-state index contributed by atoms with van der Waals surface area (Å²) in [6, 6.07) is 13.4. The number of hydrogen-bond acceptors (Lipinski definition) is 5. The maximum atomic E-state index is 11.7. The third-order valence-electron chi connectivity index (χ3n) is 6.85. The number of methoxy groups -OCH3 is 1. The van der Waals surface area contributed by atoms with Crippen LogP contribution in [0.25, 0.3) is 11.1 Å². The molecule has 0 saturated heterocycles. The molecule has 0 bridgehead atoms. The van der Waals surface area contributed by atoms with Crippen LogP contribution in [0.5, 0.6) is 17.2 Å². The summed E-state index contributed by atoms with van der Waals surface area (Å²) >= 11 is 6.71. The molecule has 6 heteroatoms. The molecule has 34 heavy (non-hydrogen) atoms. The first-order valence-corrected chi connectivity index (χ1v) is 11.9. The molecule has 1 aliphatic carbocycles. The Morgan fingerprint density at radius 3 is 2.56 bits per heavy atom. The Morgan fingerprint density at radius 1 is 1.09 bits per heavy atom. The first-order valence-electron chi connectivity index (χ1n) is 11.5. The molecule has 0 fully saturated rings. The van der Waals surface area contributed by atoms with Crippen molar-refractivity contribution in [1.29, 1.82) is 0 Å². The van der Waals surface area contributed by atoms with Gasteiger partial charge in [0.1, 0.15) is 23.4 Å². The number of carbonyl (C=O) groups excluding carboxylic acids is 1. The number of carbonyl (C=O) groups is 1. The predicted molar refractivity (Wildman–Crippen MR) is 131 cm³/mol. The van der Waals surface area contributed by atoms with Crippen LogP contribution in [-0.2, 0) is 16.0 Å². The van der Waals surface area contributed by atoms with E-state index in [1.54, 1.807) is 12.1 Å².